The molecule has 0 aromatic heterocycles. The van der Waals surface area contributed by atoms with Crippen molar-refractivity contribution < 1.29 is 9.59 Å². The van der Waals surface area contributed by atoms with Crippen LogP contribution in [-0.2, 0) is 4.79 Å². The Morgan fingerprint density at radius 2 is 2.62 bits per heavy atom. The van der Waals surface area contributed by atoms with E-state index in [4.69, 9.17) is 5.73 Å². The minimum atomic E-state index is -0.397. The number of hydrogen-bond acceptors (Lipinski definition) is 4. The number of carbonyl (C=O) groups is 2. The van der Waals surface area contributed by atoms with E-state index < -0.39 is 6.04 Å². The standard InChI is InChI=1S/C7H13N3O2S/c1-4(2-8)9-6(11)5-3-13-7(12)10-5/h4-5H,2-3,8H2,1H3,(H,9,11)(H,10,12). The van der Waals surface area contributed by atoms with Gasteiger partial charge < -0.3 is 16.4 Å². The summed E-state index contributed by atoms with van der Waals surface area (Å²) in [6.07, 6.45) is 0. The van der Waals surface area contributed by atoms with Gasteiger partial charge in [-0.05, 0) is 6.92 Å². The first-order valence-electron chi connectivity index (χ1n) is 4.07. The van der Waals surface area contributed by atoms with Crippen LogP contribution in [0, 0.1) is 0 Å². The molecule has 74 valence electrons. The lowest BCUT2D eigenvalue weighted by Gasteiger charge is -2.14. The van der Waals surface area contributed by atoms with Crippen LogP contribution >= 0.6 is 11.8 Å². The second-order valence-electron chi connectivity index (χ2n) is 2.94. The van der Waals surface area contributed by atoms with Crippen molar-refractivity contribution in [3.05, 3.63) is 0 Å². The van der Waals surface area contributed by atoms with Gasteiger partial charge in [0.2, 0.25) is 5.91 Å². The topological polar surface area (TPSA) is 84.2 Å². The lowest BCUT2D eigenvalue weighted by molar-refractivity contribution is -0.122. The Bertz CT molecular complexity index is 222. The molecule has 0 spiro atoms. The molecule has 5 nitrogen and oxygen atoms in total. The summed E-state index contributed by atoms with van der Waals surface area (Å²) in [5.41, 5.74) is 5.34. The monoisotopic (exact) mass is 203 g/mol. The van der Waals surface area contributed by atoms with Crippen LogP contribution in [0.4, 0.5) is 4.79 Å². The Kier molecular flexibility index (Phi) is 3.56. The van der Waals surface area contributed by atoms with Crippen molar-refractivity contribution >= 4 is 22.9 Å². The van der Waals surface area contributed by atoms with Crippen LogP contribution in [0.3, 0.4) is 0 Å². The van der Waals surface area contributed by atoms with Crippen molar-refractivity contribution in [2.75, 3.05) is 12.3 Å². The maximum atomic E-state index is 11.4. The fourth-order valence-corrected chi connectivity index (χ4v) is 1.71. The molecule has 1 saturated heterocycles. The normalized spacial score (nSPS) is 23.8. The molecule has 4 N–H and O–H groups in total. The molecule has 1 aliphatic heterocycles. The van der Waals surface area contributed by atoms with Gasteiger partial charge in [0, 0.05) is 18.3 Å². The first kappa shape index (κ1) is 10.3. The third-order valence-corrected chi connectivity index (χ3v) is 2.61. The van der Waals surface area contributed by atoms with E-state index in [-0.39, 0.29) is 17.2 Å². The van der Waals surface area contributed by atoms with Gasteiger partial charge in [0.25, 0.3) is 5.24 Å². The molecule has 2 atom stereocenters. The number of nitrogens with one attached hydrogen (secondary N) is 2. The first-order chi connectivity index (χ1) is 6.13. The van der Waals surface area contributed by atoms with Gasteiger partial charge in [0.1, 0.15) is 6.04 Å². The van der Waals surface area contributed by atoms with E-state index in [1.165, 1.54) is 0 Å². The van der Waals surface area contributed by atoms with E-state index in [0.717, 1.165) is 11.8 Å². The minimum absolute atomic E-state index is 0.0463. The highest BCUT2D eigenvalue weighted by Gasteiger charge is 2.28. The maximum absolute atomic E-state index is 11.4. The van der Waals surface area contributed by atoms with E-state index in [2.05, 4.69) is 10.6 Å². The Hall–Kier alpha value is -0.750. The first-order valence-corrected chi connectivity index (χ1v) is 5.05. The molecule has 6 heteroatoms. The number of rotatable bonds is 3. The summed E-state index contributed by atoms with van der Waals surface area (Å²) >= 11 is 1.13. The smallest absolute Gasteiger partial charge is 0.279 e. The van der Waals surface area contributed by atoms with Crippen LogP contribution in [0.1, 0.15) is 6.92 Å². The van der Waals surface area contributed by atoms with Crippen molar-refractivity contribution in [3.63, 3.8) is 0 Å². The average Bonchev–Trinajstić information content (AvgIpc) is 2.51. The minimum Gasteiger partial charge on any atom is -0.351 e. The quantitative estimate of drug-likeness (QED) is 0.565. The molecule has 0 aromatic carbocycles. The second-order valence-corrected chi connectivity index (χ2v) is 3.93. The summed E-state index contributed by atoms with van der Waals surface area (Å²) < 4.78 is 0. The summed E-state index contributed by atoms with van der Waals surface area (Å²) in [5.74, 6) is 0.346. The summed E-state index contributed by atoms with van der Waals surface area (Å²) in [4.78, 5) is 22.1. The zero-order chi connectivity index (χ0) is 9.84. The number of thioether (sulfide) groups is 1. The van der Waals surface area contributed by atoms with Gasteiger partial charge in [-0.15, -0.1) is 0 Å². The molecule has 0 aromatic rings. The Labute approximate surface area is 80.8 Å². The van der Waals surface area contributed by atoms with E-state index in [0.29, 0.717) is 12.3 Å². The third kappa shape index (κ3) is 2.89. The van der Waals surface area contributed by atoms with E-state index in [9.17, 15) is 9.59 Å². The molecular weight excluding hydrogens is 190 g/mol. The number of amides is 2. The van der Waals surface area contributed by atoms with Crippen LogP contribution in [0.2, 0.25) is 0 Å². The fraction of sp³-hybridized carbons (Fsp3) is 0.714. The van der Waals surface area contributed by atoms with Crippen molar-refractivity contribution in [2.45, 2.75) is 19.0 Å². The summed E-state index contributed by atoms with van der Waals surface area (Å²) in [6, 6.07) is -0.443. The lowest BCUT2D eigenvalue weighted by Crippen LogP contribution is -2.48. The van der Waals surface area contributed by atoms with Crippen LogP contribution < -0.4 is 16.4 Å². The molecule has 1 aliphatic rings. The molecule has 1 heterocycles. The molecule has 2 amide bonds. The Morgan fingerprint density at radius 3 is 3.08 bits per heavy atom. The molecule has 13 heavy (non-hydrogen) atoms. The van der Waals surface area contributed by atoms with Gasteiger partial charge in [-0.2, -0.15) is 0 Å². The number of carbonyl (C=O) groups excluding carboxylic acids is 2. The average molecular weight is 203 g/mol. The van der Waals surface area contributed by atoms with Gasteiger partial charge in [0.15, 0.2) is 0 Å². The number of hydrogen-bond donors (Lipinski definition) is 3. The predicted molar refractivity (Wildman–Crippen MR) is 51.4 cm³/mol. The molecule has 0 bridgehead atoms. The molecule has 1 rings (SSSR count). The summed E-state index contributed by atoms with van der Waals surface area (Å²) in [6.45, 7) is 2.22. The summed E-state index contributed by atoms with van der Waals surface area (Å²) in [5, 5.41) is 5.12. The molecule has 0 saturated carbocycles. The molecule has 0 aliphatic carbocycles. The van der Waals surface area contributed by atoms with Gasteiger partial charge >= 0.3 is 0 Å². The number of nitrogens with two attached hydrogens (primary N) is 1. The highest BCUT2D eigenvalue weighted by Crippen LogP contribution is 2.12. The van der Waals surface area contributed by atoms with Crippen LogP contribution in [0.15, 0.2) is 0 Å². The van der Waals surface area contributed by atoms with Gasteiger partial charge in [-0.1, -0.05) is 11.8 Å². The zero-order valence-electron chi connectivity index (χ0n) is 7.37. The van der Waals surface area contributed by atoms with Crippen molar-refractivity contribution in [1.82, 2.24) is 10.6 Å². The molecule has 1 fully saturated rings. The highest BCUT2D eigenvalue weighted by molar-refractivity contribution is 8.14. The summed E-state index contributed by atoms with van der Waals surface area (Å²) in [7, 11) is 0. The fourth-order valence-electron chi connectivity index (χ4n) is 0.928. The highest BCUT2D eigenvalue weighted by atomic mass is 32.2. The maximum Gasteiger partial charge on any atom is 0.279 e. The Balaban J connectivity index is 2.35. The molecular formula is C7H13N3O2S. The van der Waals surface area contributed by atoms with Crippen LogP contribution in [0.5, 0.6) is 0 Å². The molecule has 2 unspecified atom stereocenters. The largest absolute Gasteiger partial charge is 0.351 e. The van der Waals surface area contributed by atoms with E-state index in [1.807, 2.05) is 6.92 Å². The van der Waals surface area contributed by atoms with Gasteiger partial charge in [-0.3, -0.25) is 9.59 Å². The van der Waals surface area contributed by atoms with E-state index >= 15 is 0 Å². The van der Waals surface area contributed by atoms with Gasteiger partial charge in [-0.25, -0.2) is 0 Å². The lowest BCUT2D eigenvalue weighted by atomic mass is 10.2. The molecule has 0 radical (unpaired) electrons. The SMILES string of the molecule is CC(CN)NC(=O)C1CSC(=O)N1. The van der Waals surface area contributed by atoms with Crippen LogP contribution in [0.25, 0.3) is 0 Å². The van der Waals surface area contributed by atoms with Gasteiger partial charge in [0.05, 0.1) is 0 Å². The van der Waals surface area contributed by atoms with Crippen molar-refractivity contribution in [3.8, 4) is 0 Å². The Morgan fingerprint density at radius 1 is 1.92 bits per heavy atom. The third-order valence-electron chi connectivity index (χ3n) is 1.73. The van der Waals surface area contributed by atoms with Crippen LogP contribution in [-0.4, -0.2) is 35.5 Å². The zero-order valence-corrected chi connectivity index (χ0v) is 8.19. The predicted octanol–water partition coefficient (Wildman–Crippen LogP) is -0.725. The van der Waals surface area contributed by atoms with Crippen molar-refractivity contribution in [2.24, 2.45) is 5.73 Å². The second kappa shape index (κ2) is 4.48. The van der Waals surface area contributed by atoms with E-state index in [1.54, 1.807) is 0 Å². The van der Waals surface area contributed by atoms with Crippen molar-refractivity contribution in [1.29, 1.82) is 0 Å².